The molecule has 0 aromatic carbocycles. The molecule has 0 atom stereocenters. The Morgan fingerprint density at radius 2 is 2.00 bits per heavy atom. The Hall–Kier alpha value is -1.52. The van der Waals surface area contributed by atoms with Crippen LogP contribution in [0.2, 0.25) is 0 Å². The molecule has 2 rings (SSSR count). The standard InChI is InChI=1S/C16H26N2O3/c1-3-10-18-11-13(16(20)21-4-2)14(15(18)19)17-12-8-6-5-7-9-12/h12,17H,3-11H2,1-2H3. The molecule has 0 unspecified atom stereocenters. The van der Waals surface area contributed by atoms with Crippen LogP contribution in [0.1, 0.15) is 52.4 Å². The van der Waals surface area contributed by atoms with E-state index in [1.54, 1.807) is 11.8 Å². The predicted octanol–water partition coefficient (Wildman–Crippen LogP) is 1.98. The van der Waals surface area contributed by atoms with E-state index in [4.69, 9.17) is 4.74 Å². The van der Waals surface area contributed by atoms with E-state index in [1.165, 1.54) is 19.3 Å². The summed E-state index contributed by atoms with van der Waals surface area (Å²) in [5.41, 5.74) is 0.981. The lowest BCUT2D eigenvalue weighted by molar-refractivity contribution is -0.138. The molecule has 0 radical (unpaired) electrons. The largest absolute Gasteiger partial charge is 0.463 e. The van der Waals surface area contributed by atoms with Gasteiger partial charge in [0.2, 0.25) is 0 Å². The molecule has 0 bridgehead atoms. The molecule has 1 aliphatic heterocycles. The van der Waals surface area contributed by atoms with Gasteiger partial charge in [0.1, 0.15) is 5.70 Å². The van der Waals surface area contributed by atoms with E-state index < -0.39 is 0 Å². The fraction of sp³-hybridized carbons (Fsp3) is 0.750. The Morgan fingerprint density at radius 1 is 1.29 bits per heavy atom. The van der Waals surface area contributed by atoms with E-state index in [0.717, 1.165) is 19.3 Å². The highest BCUT2D eigenvalue weighted by Gasteiger charge is 2.35. The number of hydrogen-bond donors (Lipinski definition) is 1. The van der Waals surface area contributed by atoms with Crippen molar-refractivity contribution < 1.29 is 14.3 Å². The maximum absolute atomic E-state index is 12.5. The fourth-order valence-electron chi connectivity index (χ4n) is 3.06. The fourth-order valence-corrected chi connectivity index (χ4v) is 3.06. The normalized spacial score (nSPS) is 20.1. The molecule has 1 N–H and O–H groups in total. The summed E-state index contributed by atoms with van der Waals surface area (Å²) >= 11 is 0. The number of rotatable bonds is 6. The summed E-state index contributed by atoms with van der Waals surface area (Å²) in [6.07, 6.45) is 6.66. The number of carbonyl (C=O) groups excluding carboxylic acids is 2. The van der Waals surface area contributed by atoms with Gasteiger partial charge < -0.3 is 15.0 Å². The number of amides is 1. The summed E-state index contributed by atoms with van der Waals surface area (Å²) in [5, 5.41) is 3.33. The van der Waals surface area contributed by atoms with Crippen LogP contribution < -0.4 is 5.32 Å². The van der Waals surface area contributed by atoms with E-state index in [2.05, 4.69) is 5.32 Å². The molecule has 0 aromatic heterocycles. The van der Waals surface area contributed by atoms with Gasteiger partial charge in [-0.15, -0.1) is 0 Å². The number of nitrogens with one attached hydrogen (secondary N) is 1. The molecule has 1 fully saturated rings. The third-order valence-electron chi connectivity index (χ3n) is 4.12. The number of hydrogen-bond acceptors (Lipinski definition) is 4. The van der Waals surface area contributed by atoms with Gasteiger partial charge in [0.15, 0.2) is 0 Å². The van der Waals surface area contributed by atoms with Gasteiger partial charge in [0.25, 0.3) is 5.91 Å². The average Bonchev–Trinajstić information content (AvgIpc) is 2.79. The van der Waals surface area contributed by atoms with Gasteiger partial charge in [0.05, 0.1) is 18.7 Å². The topological polar surface area (TPSA) is 58.6 Å². The number of ether oxygens (including phenoxy) is 1. The molecular formula is C16H26N2O3. The van der Waals surface area contributed by atoms with Crippen molar-refractivity contribution >= 4 is 11.9 Å². The van der Waals surface area contributed by atoms with Crippen molar-refractivity contribution in [3.05, 3.63) is 11.3 Å². The van der Waals surface area contributed by atoms with Gasteiger partial charge >= 0.3 is 5.97 Å². The van der Waals surface area contributed by atoms with Gasteiger partial charge in [-0.2, -0.15) is 0 Å². The van der Waals surface area contributed by atoms with Gasteiger partial charge in [-0.1, -0.05) is 26.2 Å². The first kappa shape index (κ1) is 15.9. The lowest BCUT2D eigenvalue weighted by atomic mass is 9.95. The van der Waals surface area contributed by atoms with E-state index >= 15 is 0 Å². The molecule has 0 aromatic rings. The summed E-state index contributed by atoms with van der Waals surface area (Å²) < 4.78 is 5.10. The molecule has 0 spiro atoms. The second kappa shape index (κ2) is 7.48. The molecule has 0 saturated heterocycles. The number of nitrogens with zero attached hydrogens (tertiary/aromatic N) is 1. The maximum atomic E-state index is 12.5. The second-order valence-corrected chi connectivity index (χ2v) is 5.78. The Balaban J connectivity index is 2.13. The quantitative estimate of drug-likeness (QED) is 0.761. The third-order valence-corrected chi connectivity index (χ3v) is 4.12. The van der Waals surface area contributed by atoms with Crippen LogP contribution in [0.3, 0.4) is 0 Å². The summed E-state index contributed by atoms with van der Waals surface area (Å²) in [5.74, 6) is -0.409. The van der Waals surface area contributed by atoms with Crippen LogP contribution in [0.4, 0.5) is 0 Å². The Labute approximate surface area is 126 Å². The molecular weight excluding hydrogens is 268 g/mol. The van der Waals surface area contributed by atoms with Crippen molar-refractivity contribution in [2.75, 3.05) is 19.7 Å². The zero-order valence-electron chi connectivity index (χ0n) is 13.1. The van der Waals surface area contributed by atoms with Crippen molar-refractivity contribution in [3.63, 3.8) is 0 Å². The van der Waals surface area contributed by atoms with Gasteiger partial charge in [-0.25, -0.2) is 4.79 Å². The van der Waals surface area contributed by atoms with E-state index in [9.17, 15) is 9.59 Å². The minimum absolute atomic E-state index is 0.0505. The van der Waals surface area contributed by atoms with Crippen LogP contribution in [0.25, 0.3) is 0 Å². The van der Waals surface area contributed by atoms with Crippen molar-refractivity contribution in [2.45, 2.75) is 58.4 Å². The first-order valence-electron chi connectivity index (χ1n) is 8.13. The molecule has 5 nitrogen and oxygen atoms in total. The first-order valence-corrected chi connectivity index (χ1v) is 8.13. The van der Waals surface area contributed by atoms with E-state index in [-0.39, 0.29) is 11.9 Å². The van der Waals surface area contributed by atoms with E-state index in [0.29, 0.717) is 37.0 Å². The van der Waals surface area contributed by atoms with Crippen molar-refractivity contribution in [1.82, 2.24) is 10.2 Å². The first-order chi connectivity index (χ1) is 10.2. The van der Waals surface area contributed by atoms with Crippen LogP contribution in [0, 0.1) is 0 Å². The Kier molecular flexibility index (Phi) is 5.65. The summed E-state index contributed by atoms with van der Waals surface area (Å²) in [7, 11) is 0. The molecule has 118 valence electrons. The summed E-state index contributed by atoms with van der Waals surface area (Å²) in [6.45, 7) is 5.20. The van der Waals surface area contributed by atoms with Crippen LogP contribution in [-0.2, 0) is 14.3 Å². The smallest absolute Gasteiger partial charge is 0.338 e. The lowest BCUT2D eigenvalue weighted by Gasteiger charge is -2.24. The van der Waals surface area contributed by atoms with Crippen molar-refractivity contribution in [3.8, 4) is 0 Å². The zero-order valence-corrected chi connectivity index (χ0v) is 13.1. The van der Waals surface area contributed by atoms with Gasteiger partial charge in [0, 0.05) is 12.6 Å². The van der Waals surface area contributed by atoms with Crippen LogP contribution in [0.5, 0.6) is 0 Å². The number of esters is 1. The molecule has 21 heavy (non-hydrogen) atoms. The Morgan fingerprint density at radius 3 is 2.62 bits per heavy atom. The SMILES string of the molecule is CCCN1CC(C(=O)OCC)=C(NC2CCCCC2)C1=O. The molecule has 2 aliphatic rings. The molecule has 1 heterocycles. The minimum atomic E-state index is -0.359. The second-order valence-electron chi connectivity index (χ2n) is 5.78. The third kappa shape index (κ3) is 3.77. The molecule has 1 aliphatic carbocycles. The summed E-state index contributed by atoms with van der Waals surface area (Å²) in [6, 6.07) is 0.309. The van der Waals surface area contributed by atoms with Gasteiger partial charge in [-0.05, 0) is 26.2 Å². The maximum Gasteiger partial charge on any atom is 0.338 e. The van der Waals surface area contributed by atoms with Crippen LogP contribution in [0.15, 0.2) is 11.3 Å². The van der Waals surface area contributed by atoms with Crippen molar-refractivity contribution in [1.29, 1.82) is 0 Å². The average molecular weight is 294 g/mol. The Bertz CT molecular complexity index is 425. The van der Waals surface area contributed by atoms with Gasteiger partial charge in [-0.3, -0.25) is 4.79 Å². The van der Waals surface area contributed by atoms with Crippen molar-refractivity contribution in [2.24, 2.45) is 0 Å². The lowest BCUT2D eigenvalue weighted by Crippen LogP contribution is -2.36. The predicted molar refractivity (Wildman–Crippen MR) is 80.5 cm³/mol. The molecule has 1 saturated carbocycles. The van der Waals surface area contributed by atoms with Crippen LogP contribution in [-0.4, -0.2) is 42.5 Å². The molecule has 1 amide bonds. The highest BCUT2D eigenvalue weighted by Crippen LogP contribution is 2.23. The summed E-state index contributed by atoms with van der Waals surface area (Å²) in [4.78, 5) is 26.3. The molecule has 5 heteroatoms. The highest BCUT2D eigenvalue weighted by atomic mass is 16.5. The van der Waals surface area contributed by atoms with Crippen LogP contribution >= 0.6 is 0 Å². The highest BCUT2D eigenvalue weighted by molar-refractivity contribution is 6.06. The zero-order chi connectivity index (χ0) is 15.2. The monoisotopic (exact) mass is 294 g/mol. The number of carbonyl (C=O) groups is 2. The minimum Gasteiger partial charge on any atom is -0.463 e. The van der Waals surface area contributed by atoms with E-state index in [1.807, 2.05) is 6.92 Å².